The van der Waals surface area contributed by atoms with Crippen molar-refractivity contribution in [2.45, 2.75) is 142 Å². The van der Waals surface area contributed by atoms with E-state index in [0.717, 1.165) is 64.2 Å². The van der Waals surface area contributed by atoms with E-state index in [9.17, 15) is 33.6 Å². The lowest BCUT2D eigenvalue weighted by atomic mass is 9.97. The van der Waals surface area contributed by atoms with E-state index in [-0.39, 0.29) is 88.8 Å². The largest absolute Gasteiger partial charge is 0.359 e. The van der Waals surface area contributed by atoms with Crippen LogP contribution in [0.1, 0.15) is 129 Å². The highest BCUT2D eigenvalue weighted by Gasteiger charge is 2.34. The van der Waals surface area contributed by atoms with Gasteiger partial charge in [0.15, 0.2) is 0 Å². The zero-order chi connectivity index (χ0) is 37.6. The van der Waals surface area contributed by atoms with Gasteiger partial charge in [0.25, 0.3) is 0 Å². The molecule has 0 saturated heterocycles. The maximum absolute atomic E-state index is 12.8. The number of ketones is 3. The van der Waals surface area contributed by atoms with Crippen molar-refractivity contribution in [3.8, 4) is 0 Å². The fourth-order valence-corrected chi connectivity index (χ4v) is 9.22. The second-order valence-electron chi connectivity index (χ2n) is 16.6. The molecule has 4 fully saturated rings. The lowest BCUT2D eigenvalue weighted by Crippen LogP contribution is -2.35. The van der Waals surface area contributed by atoms with Gasteiger partial charge in [0.05, 0.1) is 0 Å². The van der Waals surface area contributed by atoms with Crippen molar-refractivity contribution in [3.05, 3.63) is 0 Å². The molecule has 0 aliphatic heterocycles. The van der Waals surface area contributed by atoms with Crippen LogP contribution in [0.3, 0.4) is 0 Å². The van der Waals surface area contributed by atoms with Crippen molar-refractivity contribution >= 4 is 41.0 Å². The van der Waals surface area contributed by atoms with Crippen molar-refractivity contribution < 1.29 is 33.6 Å². The van der Waals surface area contributed by atoms with E-state index < -0.39 is 0 Å². The first-order valence-electron chi connectivity index (χ1n) is 20.3. The molecule has 8 unspecified atom stereocenters. The molecule has 4 aliphatic carbocycles. The highest BCUT2D eigenvalue weighted by Crippen LogP contribution is 2.36. The van der Waals surface area contributed by atoms with Crippen LogP contribution in [0, 0.1) is 41.4 Å². The highest BCUT2D eigenvalue weighted by atomic mass is 16.2. The first-order chi connectivity index (χ1) is 24.9. The predicted molar refractivity (Wildman–Crippen MR) is 198 cm³/mol. The van der Waals surface area contributed by atoms with Gasteiger partial charge in [0.2, 0.25) is 23.6 Å². The molecule has 12 heteroatoms. The third-order valence-electron chi connectivity index (χ3n) is 12.0. The van der Waals surface area contributed by atoms with Crippen LogP contribution in [0.25, 0.3) is 0 Å². The molecule has 4 saturated carbocycles. The van der Waals surface area contributed by atoms with E-state index in [1.54, 1.807) is 7.05 Å². The monoisotopic (exact) mass is 727 g/mol. The van der Waals surface area contributed by atoms with Crippen LogP contribution in [-0.2, 0) is 33.6 Å². The van der Waals surface area contributed by atoms with Crippen LogP contribution in [0.2, 0.25) is 0 Å². The smallest absolute Gasteiger partial charge is 0.223 e. The van der Waals surface area contributed by atoms with Crippen LogP contribution in [-0.4, -0.2) is 79.7 Å². The van der Waals surface area contributed by atoms with Gasteiger partial charge in [0.1, 0.15) is 17.3 Å². The van der Waals surface area contributed by atoms with Gasteiger partial charge < -0.3 is 26.6 Å². The average Bonchev–Trinajstić information content (AvgIpc) is 3.92. The first kappa shape index (κ1) is 41.6. The van der Waals surface area contributed by atoms with Crippen LogP contribution >= 0.6 is 0 Å². The summed E-state index contributed by atoms with van der Waals surface area (Å²) in [5.41, 5.74) is 0. The molecular formula is C40H65N5O7. The van der Waals surface area contributed by atoms with Gasteiger partial charge in [-0.05, 0) is 94.8 Å². The van der Waals surface area contributed by atoms with Gasteiger partial charge in [-0.2, -0.15) is 0 Å². The number of hydrogen-bond acceptors (Lipinski definition) is 8. The summed E-state index contributed by atoms with van der Waals surface area (Å²) in [6.07, 6.45) is 11.8. The summed E-state index contributed by atoms with van der Waals surface area (Å²) < 4.78 is 0. The maximum Gasteiger partial charge on any atom is 0.223 e. The molecule has 4 rings (SSSR count). The van der Waals surface area contributed by atoms with E-state index in [0.29, 0.717) is 76.7 Å². The number of carbonyl (C=O) groups is 7. The minimum atomic E-state index is -0.145. The Labute approximate surface area is 310 Å². The molecule has 0 bridgehead atoms. The van der Waals surface area contributed by atoms with Gasteiger partial charge in [-0.25, -0.2) is 0 Å². The van der Waals surface area contributed by atoms with Gasteiger partial charge in [-0.1, -0.05) is 13.8 Å². The predicted octanol–water partition coefficient (Wildman–Crippen LogP) is 3.54. The zero-order valence-corrected chi connectivity index (χ0v) is 31.9. The topological polar surface area (TPSA) is 180 Å². The summed E-state index contributed by atoms with van der Waals surface area (Å²) in [6.45, 7) is 5.20. The number of carbonyl (C=O) groups excluding carboxylic acids is 7. The first-order valence-corrected chi connectivity index (χ1v) is 20.3. The minimum Gasteiger partial charge on any atom is -0.359 e. The summed E-state index contributed by atoms with van der Waals surface area (Å²) in [5.74, 6) is 0.618. The molecular weight excluding hydrogens is 662 g/mol. The van der Waals surface area contributed by atoms with E-state index in [4.69, 9.17) is 0 Å². The molecule has 52 heavy (non-hydrogen) atoms. The molecule has 5 N–H and O–H groups in total. The van der Waals surface area contributed by atoms with Gasteiger partial charge >= 0.3 is 0 Å². The SMILES string of the molecule is CNC(=O)C1CCC(CC(=O)CCNC(=O)C2CCC(CC(=O)CCNC(=O)C3CCC(CC(=O)CCNC(=O)C4CCC(NC(C)C)C4)C3)C2)C1. The maximum atomic E-state index is 12.8. The van der Waals surface area contributed by atoms with Crippen LogP contribution in [0.4, 0.5) is 0 Å². The number of hydrogen-bond donors (Lipinski definition) is 5. The molecule has 292 valence electrons. The van der Waals surface area contributed by atoms with E-state index in [1.807, 2.05) is 0 Å². The average molecular weight is 728 g/mol. The second kappa shape index (κ2) is 20.9. The molecule has 4 aliphatic rings. The minimum absolute atomic E-state index is 0.0000732. The van der Waals surface area contributed by atoms with Crippen molar-refractivity contribution in [1.29, 1.82) is 0 Å². The number of rotatable bonds is 21. The molecule has 4 amide bonds. The van der Waals surface area contributed by atoms with Crippen molar-refractivity contribution in [2.24, 2.45) is 41.4 Å². The van der Waals surface area contributed by atoms with Crippen LogP contribution < -0.4 is 26.6 Å². The van der Waals surface area contributed by atoms with E-state index in [2.05, 4.69) is 40.4 Å². The van der Waals surface area contributed by atoms with Crippen molar-refractivity contribution in [2.75, 3.05) is 26.7 Å². The van der Waals surface area contributed by atoms with E-state index >= 15 is 0 Å². The number of Topliss-reactive ketones (excluding diaryl/α,β-unsaturated/α-hetero) is 3. The second-order valence-corrected chi connectivity index (χ2v) is 16.6. The van der Waals surface area contributed by atoms with Crippen molar-refractivity contribution in [1.82, 2.24) is 26.6 Å². The fraction of sp³-hybridized carbons (Fsp3) is 0.825. The Hall–Kier alpha value is -3.15. The normalized spacial score (nSPS) is 28.5. The molecule has 0 spiro atoms. The Kier molecular flexibility index (Phi) is 16.7. The van der Waals surface area contributed by atoms with E-state index in [1.165, 1.54) is 0 Å². The Morgan fingerprint density at radius 3 is 1.19 bits per heavy atom. The number of nitrogens with one attached hydrogen (secondary N) is 5. The summed E-state index contributed by atoms with van der Waals surface area (Å²) in [5, 5.41) is 15.0. The third kappa shape index (κ3) is 13.7. The molecule has 0 aromatic rings. The summed E-state index contributed by atoms with van der Waals surface area (Å²) in [6, 6.07) is 0.784. The quantitative estimate of drug-likeness (QED) is 0.119. The molecule has 8 atom stereocenters. The third-order valence-corrected chi connectivity index (χ3v) is 12.0. The lowest BCUT2D eigenvalue weighted by molar-refractivity contribution is -0.127. The summed E-state index contributed by atoms with van der Waals surface area (Å²) in [7, 11) is 1.64. The van der Waals surface area contributed by atoms with Gasteiger partial charge in [-0.15, -0.1) is 0 Å². The molecule has 0 aromatic heterocycles. The molecule has 0 heterocycles. The Morgan fingerprint density at radius 2 is 0.827 bits per heavy atom. The zero-order valence-electron chi connectivity index (χ0n) is 31.9. The molecule has 0 aromatic carbocycles. The summed E-state index contributed by atoms with van der Waals surface area (Å²) in [4.78, 5) is 87.6. The lowest BCUT2D eigenvalue weighted by Gasteiger charge is -2.16. The van der Waals surface area contributed by atoms with Gasteiger partial charge in [0, 0.05) is 101 Å². The Balaban J connectivity index is 1.00. The summed E-state index contributed by atoms with van der Waals surface area (Å²) >= 11 is 0. The van der Waals surface area contributed by atoms with Crippen LogP contribution in [0.15, 0.2) is 0 Å². The Bertz CT molecular complexity index is 1270. The molecule has 12 nitrogen and oxygen atoms in total. The van der Waals surface area contributed by atoms with Crippen molar-refractivity contribution in [3.63, 3.8) is 0 Å². The molecule has 0 radical (unpaired) electrons. The number of amides is 4. The van der Waals surface area contributed by atoms with Gasteiger partial charge in [-0.3, -0.25) is 33.6 Å². The standard InChI is InChI=1S/C40H65N5O7/c1-25(2)45-33-11-10-32(24-33)40(52)44-17-14-36(48)23-28-6-9-31(20-28)39(51)43-16-13-35(47)22-27-5-8-30(19-27)38(50)42-15-12-34(46)21-26-4-7-29(18-26)37(49)41-3/h25-33,45H,4-24H2,1-3H3,(H,41,49)(H,42,50)(H,43,51)(H,44,52). The Morgan fingerprint density at radius 1 is 0.481 bits per heavy atom. The highest BCUT2D eigenvalue weighted by molar-refractivity contribution is 5.84. The van der Waals surface area contributed by atoms with Crippen LogP contribution in [0.5, 0.6) is 0 Å². The fourth-order valence-electron chi connectivity index (χ4n) is 9.22.